The lowest BCUT2D eigenvalue weighted by Gasteiger charge is -2.29. The molecule has 6 heteroatoms. The summed E-state index contributed by atoms with van der Waals surface area (Å²) in [6.45, 7) is 3.31. The Morgan fingerprint density at radius 3 is 2.28 bits per heavy atom. The highest BCUT2D eigenvalue weighted by atomic mass is 19.3. The lowest BCUT2D eigenvalue weighted by atomic mass is 9.91. The molecule has 0 aromatic rings. The summed E-state index contributed by atoms with van der Waals surface area (Å²) in [4.78, 5) is 23.1. The minimum atomic E-state index is -2.80. The molecule has 1 aliphatic carbocycles. The van der Waals surface area contributed by atoms with Crippen LogP contribution >= 0.6 is 0 Å². The van der Waals surface area contributed by atoms with Crippen LogP contribution in [-0.2, 0) is 9.59 Å². The second kappa shape index (κ2) is 5.20. The number of hydrogen-bond donors (Lipinski definition) is 2. The maximum absolute atomic E-state index is 13.0. The van der Waals surface area contributed by atoms with E-state index < -0.39 is 35.7 Å². The fourth-order valence-corrected chi connectivity index (χ4v) is 2.29. The van der Waals surface area contributed by atoms with Crippen LogP contribution in [0.1, 0.15) is 46.0 Å². The summed E-state index contributed by atoms with van der Waals surface area (Å²) >= 11 is 0. The van der Waals surface area contributed by atoms with Crippen molar-refractivity contribution < 1.29 is 23.5 Å². The van der Waals surface area contributed by atoms with Crippen LogP contribution in [-0.4, -0.2) is 28.4 Å². The Labute approximate surface area is 105 Å². The molecule has 0 aromatic heterocycles. The maximum atomic E-state index is 13.0. The van der Waals surface area contributed by atoms with E-state index in [4.69, 9.17) is 5.11 Å². The molecule has 4 nitrogen and oxygen atoms in total. The molecule has 1 saturated carbocycles. The molecule has 1 rings (SSSR count). The standard InChI is InChI=1S/C12H19F2NO3/c1-3-11(4-2,10(17)18)15-9(16)8-5-6-12(13,14)7-8/h8H,3-7H2,1-2H3,(H,15,16)(H,17,18). The number of aliphatic carboxylic acids is 1. The van der Waals surface area contributed by atoms with Gasteiger partial charge in [-0.05, 0) is 19.3 Å². The minimum Gasteiger partial charge on any atom is -0.480 e. The molecule has 1 atom stereocenters. The van der Waals surface area contributed by atoms with Gasteiger partial charge < -0.3 is 10.4 Å². The molecule has 104 valence electrons. The van der Waals surface area contributed by atoms with Crippen molar-refractivity contribution in [2.45, 2.75) is 57.4 Å². The minimum absolute atomic E-state index is 0.113. The van der Waals surface area contributed by atoms with E-state index in [0.717, 1.165) is 0 Å². The van der Waals surface area contributed by atoms with Gasteiger partial charge in [0.25, 0.3) is 0 Å². The Bertz CT molecular complexity index is 340. The number of carboxylic acid groups (broad SMARTS) is 1. The number of carboxylic acids is 1. The van der Waals surface area contributed by atoms with Gasteiger partial charge in [-0.25, -0.2) is 13.6 Å². The average Bonchev–Trinajstić information content (AvgIpc) is 2.66. The van der Waals surface area contributed by atoms with Gasteiger partial charge in [0.15, 0.2) is 0 Å². The fraction of sp³-hybridized carbons (Fsp3) is 0.833. The smallest absolute Gasteiger partial charge is 0.329 e. The molecule has 0 bridgehead atoms. The van der Waals surface area contributed by atoms with Crippen molar-refractivity contribution in [3.05, 3.63) is 0 Å². The zero-order valence-electron chi connectivity index (χ0n) is 10.6. The van der Waals surface area contributed by atoms with E-state index in [-0.39, 0.29) is 25.7 Å². The Morgan fingerprint density at radius 1 is 1.39 bits per heavy atom. The summed E-state index contributed by atoms with van der Waals surface area (Å²) < 4.78 is 26.0. The molecule has 2 N–H and O–H groups in total. The van der Waals surface area contributed by atoms with E-state index in [1.165, 1.54) is 0 Å². The van der Waals surface area contributed by atoms with Gasteiger partial charge in [-0.2, -0.15) is 0 Å². The SMILES string of the molecule is CCC(CC)(NC(=O)C1CCC(F)(F)C1)C(=O)O. The van der Waals surface area contributed by atoms with Crippen molar-refractivity contribution in [3.8, 4) is 0 Å². The van der Waals surface area contributed by atoms with E-state index in [9.17, 15) is 18.4 Å². The number of amides is 1. The Kier molecular flexibility index (Phi) is 4.29. The topological polar surface area (TPSA) is 66.4 Å². The Balaban J connectivity index is 2.72. The summed E-state index contributed by atoms with van der Waals surface area (Å²) in [6, 6.07) is 0. The molecule has 1 aliphatic rings. The summed E-state index contributed by atoms with van der Waals surface area (Å²) in [5.74, 6) is -5.27. The number of rotatable bonds is 5. The van der Waals surface area contributed by atoms with Gasteiger partial charge in [-0.15, -0.1) is 0 Å². The summed E-state index contributed by atoms with van der Waals surface area (Å²) in [5, 5.41) is 11.6. The monoisotopic (exact) mass is 263 g/mol. The van der Waals surface area contributed by atoms with E-state index in [1.54, 1.807) is 13.8 Å². The predicted octanol–water partition coefficient (Wildman–Crippen LogP) is 2.18. The first-order valence-electron chi connectivity index (χ1n) is 6.19. The molecule has 0 aromatic carbocycles. The van der Waals surface area contributed by atoms with Gasteiger partial charge in [-0.3, -0.25) is 4.79 Å². The van der Waals surface area contributed by atoms with E-state index in [0.29, 0.717) is 0 Å². The predicted molar refractivity (Wildman–Crippen MR) is 61.4 cm³/mol. The average molecular weight is 263 g/mol. The molecular weight excluding hydrogens is 244 g/mol. The largest absolute Gasteiger partial charge is 0.480 e. The zero-order chi connectivity index (χ0) is 14.0. The molecule has 1 amide bonds. The van der Waals surface area contributed by atoms with Crippen molar-refractivity contribution in [3.63, 3.8) is 0 Å². The summed E-state index contributed by atoms with van der Waals surface area (Å²) in [5.41, 5.74) is -1.34. The molecule has 0 spiro atoms. The molecule has 1 unspecified atom stereocenters. The first-order chi connectivity index (χ1) is 8.26. The number of carbonyl (C=O) groups excluding carboxylic acids is 1. The normalized spacial score (nSPS) is 22.8. The van der Waals surface area contributed by atoms with Gasteiger partial charge in [0, 0.05) is 18.8 Å². The van der Waals surface area contributed by atoms with Crippen molar-refractivity contribution in [1.82, 2.24) is 5.32 Å². The van der Waals surface area contributed by atoms with Gasteiger partial charge in [0.05, 0.1) is 0 Å². The van der Waals surface area contributed by atoms with Crippen LogP contribution in [0.4, 0.5) is 8.78 Å². The lowest BCUT2D eigenvalue weighted by molar-refractivity contribution is -0.148. The van der Waals surface area contributed by atoms with Crippen LogP contribution < -0.4 is 5.32 Å². The summed E-state index contributed by atoms with van der Waals surface area (Å²) in [6.07, 6.45) is -0.214. The van der Waals surface area contributed by atoms with Gasteiger partial charge in [-0.1, -0.05) is 13.8 Å². The molecule has 0 heterocycles. The second-order valence-electron chi connectivity index (χ2n) is 4.88. The van der Waals surface area contributed by atoms with Crippen molar-refractivity contribution in [2.24, 2.45) is 5.92 Å². The highest BCUT2D eigenvalue weighted by Crippen LogP contribution is 2.39. The second-order valence-corrected chi connectivity index (χ2v) is 4.88. The van der Waals surface area contributed by atoms with Crippen LogP contribution in [0.25, 0.3) is 0 Å². The quantitative estimate of drug-likeness (QED) is 0.799. The van der Waals surface area contributed by atoms with Crippen LogP contribution in [0.5, 0.6) is 0 Å². The van der Waals surface area contributed by atoms with Gasteiger partial charge in [0.1, 0.15) is 5.54 Å². The molecular formula is C12H19F2NO3. The third kappa shape index (κ3) is 2.97. The van der Waals surface area contributed by atoms with E-state index in [2.05, 4.69) is 5.32 Å². The third-order valence-corrected chi connectivity index (χ3v) is 3.75. The maximum Gasteiger partial charge on any atom is 0.329 e. The number of nitrogens with one attached hydrogen (secondary N) is 1. The molecule has 18 heavy (non-hydrogen) atoms. The third-order valence-electron chi connectivity index (χ3n) is 3.75. The molecule has 1 fully saturated rings. The number of alkyl halides is 2. The lowest BCUT2D eigenvalue weighted by Crippen LogP contribution is -2.55. The van der Waals surface area contributed by atoms with Gasteiger partial charge >= 0.3 is 5.97 Å². The Hall–Kier alpha value is -1.20. The summed E-state index contributed by atoms with van der Waals surface area (Å²) in [7, 11) is 0. The number of halogens is 2. The van der Waals surface area contributed by atoms with Crippen LogP contribution in [0, 0.1) is 5.92 Å². The van der Waals surface area contributed by atoms with Crippen molar-refractivity contribution in [2.75, 3.05) is 0 Å². The Morgan fingerprint density at radius 2 is 1.94 bits per heavy atom. The number of hydrogen-bond acceptors (Lipinski definition) is 2. The number of carbonyl (C=O) groups is 2. The highest BCUT2D eigenvalue weighted by Gasteiger charge is 2.45. The van der Waals surface area contributed by atoms with Crippen molar-refractivity contribution >= 4 is 11.9 Å². The first kappa shape index (κ1) is 14.9. The zero-order valence-corrected chi connectivity index (χ0v) is 10.6. The van der Waals surface area contributed by atoms with E-state index >= 15 is 0 Å². The van der Waals surface area contributed by atoms with Crippen LogP contribution in [0.3, 0.4) is 0 Å². The molecule has 0 saturated heterocycles. The molecule has 0 radical (unpaired) electrons. The van der Waals surface area contributed by atoms with Crippen LogP contribution in [0.2, 0.25) is 0 Å². The van der Waals surface area contributed by atoms with E-state index in [1.807, 2.05) is 0 Å². The van der Waals surface area contributed by atoms with Crippen molar-refractivity contribution in [1.29, 1.82) is 0 Å². The fourth-order valence-electron chi connectivity index (χ4n) is 2.29. The van der Waals surface area contributed by atoms with Gasteiger partial charge in [0.2, 0.25) is 11.8 Å². The highest BCUT2D eigenvalue weighted by molar-refractivity contribution is 5.88. The molecule has 0 aliphatic heterocycles. The first-order valence-corrected chi connectivity index (χ1v) is 6.19. The van der Waals surface area contributed by atoms with Crippen LogP contribution in [0.15, 0.2) is 0 Å².